The SMILES string of the molecule is CCCCCC(=O)c1c(O)cc(C)c(Cl)c1C. The molecule has 2 nitrogen and oxygen atoms in total. The third-order valence-electron chi connectivity index (χ3n) is 2.95. The number of benzene rings is 1. The lowest BCUT2D eigenvalue weighted by Gasteiger charge is -2.11. The van der Waals surface area contributed by atoms with E-state index in [2.05, 4.69) is 6.92 Å². The fraction of sp³-hybridized carbons (Fsp3) is 0.500. The molecular formula is C14H19ClO2. The van der Waals surface area contributed by atoms with Crippen molar-refractivity contribution < 1.29 is 9.90 Å². The van der Waals surface area contributed by atoms with Crippen molar-refractivity contribution in [1.29, 1.82) is 0 Å². The van der Waals surface area contributed by atoms with Crippen LogP contribution < -0.4 is 0 Å². The van der Waals surface area contributed by atoms with E-state index in [1.807, 2.05) is 6.92 Å². The maximum atomic E-state index is 12.0. The highest BCUT2D eigenvalue weighted by Crippen LogP contribution is 2.31. The first kappa shape index (κ1) is 14.0. The molecule has 0 heterocycles. The molecule has 1 N–H and O–H groups in total. The molecule has 0 radical (unpaired) electrons. The highest BCUT2D eigenvalue weighted by atomic mass is 35.5. The number of hydrogen-bond acceptors (Lipinski definition) is 2. The Bertz CT molecular complexity index is 425. The van der Waals surface area contributed by atoms with E-state index in [9.17, 15) is 9.90 Å². The summed E-state index contributed by atoms with van der Waals surface area (Å²) in [6.07, 6.45) is 3.44. The molecule has 0 spiro atoms. The van der Waals surface area contributed by atoms with Crippen molar-refractivity contribution in [3.8, 4) is 5.75 Å². The Morgan fingerprint density at radius 3 is 2.59 bits per heavy atom. The first-order chi connectivity index (χ1) is 7.99. The lowest BCUT2D eigenvalue weighted by molar-refractivity contribution is 0.0976. The maximum Gasteiger partial charge on any atom is 0.166 e. The van der Waals surface area contributed by atoms with Crippen LogP contribution in [0.25, 0.3) is 0 Å². The summed E-state index contributed by atoms with van der Waals surface area (Å²) in [6.45, 7) is 5.69. The zero-order chi connectivity index (χ0) is 13.0. The summed E-state index contributed by atoms with van der Waals surface area (Å²) < 4.78 is 0. The average molecular weight is 255 g/mol. The number of aryl methyl sites for hydroxylation is 1. The first-order valence-corrected chi connectivity index (χ1v) is 6.38. The molecule has 0 unspecified atom stereocenters. The van der Waals surface area contributed by atoms with E-state index in [0.29, 0.717) is 22.6 Å². The Hall–Kier alpha value is -1.02. The molecule has 0 fully saturated rings. The third-order valence-corrected chi connectivity index (χ3v) is 3.53. The van der Waals surface area contributed by atoms with E-state index in [0.717, 1.165) is 24.8 Å². The molecule has 1 rings (SSSR count). The molecule has 0 aromatic heterocycles. The van der Waals surface area contributed by atoms with Gasteiger partial charge in [-0.15, -0.1) is 0 Å². The van der Waals surface area contributed by atoms with Crippen LogP contribution in [0.5, 0.6) is 5.75 Å². The number of halogens is 1. The van der Waals surface area contributed by atoms with Gasteiger partial charge in [0.05, 0.1) is 5.56 Å². The lowest BCUT2D eigenvalue weighted by atomic mass is 9.97. The number of hydrogen-bond donors (Lipinski definition) is 1. The van der Waals surface area contributed by atoms with Crippen LogP contribution in [0, 0.1) is 13.8 Å². The molecule has 0 aliphatic heterocycles. The zero-order valence-electron chi connectivity index (χ0n) is 10.6. The molecule has 0 amide bonds. The summed E-state index contributed by atoms with van der Waals surface area (Å²) in [5, 5.41) is 10.4. The van der Waals surface area contributed by atoms with Crippen LogP contribution in [-0.4, -0.2) is 10.9 Å². The number of carbonyl (C=O) groups is 1. The van der Waals surface area contributed by atoms with Crippen molar-refractivity contribution in [2.75, 3.05) is 0 Å². The van der Waals surface area contributed by atoms with Gasteiger partial charge in [-0.2, -0.15) is 0 Å². The summed E-state index contributed by atoms with van der Waals surface area (Å²) in [6, 6.07) is 1.56. The van der Waals surface area contributed by atoms with Gasteiger partial charge in [0.2, 0.25) is 0 Å². The van der Waals surface area contributed by atoms with Crippen LogP contribution in [0.1, 0.15) is 54.1 Å². The van der Waals surface area contributed by atoms with Crippen molar-refractivity contribution in [1.82, 2.24) is 0 Å². The minimum absolute atomic E-state index is 0.0182. The Kier molecular flexibility index (Phi) is 5.01. The normalized spacial score (nSPS) is 10.6. The van der Waals surface area contributed by atoms with Gasteiger partial charge in [-0.25, -0.2) is 0 Å². The molecular weight excluding hydrogens is 236 g/mol. The predicted octanol–water partition coefficient (Wildman–Crippen LogP) is 4.43. The van der Waals surface area contributed by atoms with Crippen molar-refractivity contribution in [3.05, 3.63) is 27.8 Å². The molecule has 0 aliphatic carbocycles. The first-order valence-electron chi connectivity index (χ1n) is 6.00. The third kappa shape index (κ3) is 3.22. The van der Waals surface area contributed by atoms with Crippen LogP contribution in [-0.2, 0) is 0 Å². The number of unbranched alkanes of at least 4 members (excludes halogenated alkanes) is 2. The van der Waals surface area contributed by atoms with Gasteiger partial charge in [-0.3, -0.25) is 4.79 Å². The second kappa shape index (κ2) is 6.06. The van der Waals surface area contributed by atoms with E-state index in [1.165, 1.54) is 0 Å². The lowest BCUT2D eigenvalue weighted by Crippen LogP contribution is -2.03. The van der Waals surface area contributed by atoms with Crippen molar-refractivity contribution in [2.45, 2.75) is 46.5 Å². The fourth-order valence-electron chi connectivity index (χ4n) is 1.95. The second-order valence-corrected chi connectivity index (χ2v) is 4.78. The standard InChI is InChI=1S/C14H19ClO2/c1-4-5-6-7-11(16)13-10(3)14(15)9(2)8-12(13)17/h8,17H,4-7H2,1-3H3. The van der Waals surface area contributed by atoms with Gasteiger partial charge in [0, 0.05) is 11.4 Å². The quantitative estimate of drug-likeness (QED) is 0.624. The monoisotopic (exact) mass is 254 g/mol. The molecule has 0 bridgehead atoms. The van der Waals surface area contributed by atoms with Gasteiger partial charge < -0.3 is 5.11 Å². The fourth-order valence-corrected chi connectivity index (χ4v) is 2.10. The van der Waals surface area contributed by atoms with Crippen LogP contribution in [0.15, 0.2) is 6.07 Å². The second-order valence-electron chi connectivity index (χ2n) is 4.41. The van der Waals surface area contributed by atoms with Crippen molar-refractivity contribution in [3.63, 3.8) is 0 Å². The van der Waals surface area contributed by atoms with Gasteiger partial charge >= 0.3 is 0 Å². The number of phenols is 1. The van der Waals surface area contributed by atoms with E-state index in [4.69, 9.17) is 11.6 Å². The van der Waals surface area contributed by atoms with E-state index >= 15 is 0 Å². The zero-order valence-corrected chi connectivity index (χ0v) is 11.4. The van der Waals surface area contributed by atoms with Gasteiger partial charge in [0.1, 0.15) is 5.75 Å². The predicted molar refractivity (Wildman–Crippen MR) is 71.1 cm³/mol. The smallest absolute Gasteiger partial charge is 0.166 e. The molecule has 0 aliphatic rings. The van der Waals surface area contributed by atoms with Gasteiger partial charge in [0.25, 0.3) is 0 Å². The minimum Gasteiger partial charge on any atom is -0.507 e. The Balaban J connectivity index is 2.97. The van der Waals surface area contributed by atoms with Crippen molar-refractivity contribution in [2.24, 2.45) is 0 Å². The highest BCUT2D eigenvalue weighted by Gasteiger charge is 2.17. The van der Waals surface area contributed by atoms with Gasteiger partial charge in [0.15, 0.2) is 5.78 Å². The van der Waals surface area contributed by atoms with Gasteiger partial charge in [-0.1, -0.05) is 31.4 Å². The summed E-state index contributed by atoms with van der Waals surface area (Å²) in [5.41, 5.74) is 1.87. The maximum absolute atomic E-state index is 12.0. The molecule has 1 aromatic carbocycles. The van der Waals surface area contributed by atoms with E-state index in [-0.39, 0.29) is 11.5 Å². The van der Waals surface area contributed by atoms with Crippen LogP contribution in [0.3, 0.4) is 0 Å². The Morgan fingerprint density at radius 2 is 2.00 bits per heavy atom. The van der Waals surface area contributed by atoms with Gasteiger partial charge in [-0.05, 0) is 37.5 Å². The number of aromatic hydroxyl groups is 1. The average Bonchev–Trinajstić information content (AvgIpc) is 2.26. The van der Waals surface area contributed by atoms with E-state index < -0.39 is 0 Å². The Labute approximate surface area is 108 Å². The largest absolute Gasteiger partial charge is 0.507 e. The molecule has 94 valence electrons. The van der Waals surface area contributed by atoms with Crippen molar-refractivity contribution >= 4 is 17.4 Å². The Morgan fingerprint density at radius 1 is 1.35 bits per heavy atom. The number of ketones is 1. The molecule has 0 saturated heterocycles. The topological polar surface area (TPSA) is 37.3 Å². The summed E-state index contributed by atoms with van der Waals surface area (Å²) in [4.78, 5) is 12.0. The minimum atomic E-state index is -0.0182. The molecule has 17 heavy (non-hydrogen) atoms. The number of carbonyl (C=O) groups excluding carboxylic acids is 1. The summed E-state index contributed by atoms with van der Waals surface area (Å²) in [7, 11) is 0. The number of phenolic OH excluding ortho intramolecular Hbond substituents is 1. The number of rotatable bonds is 5. The van der Waals surface area contributed by atoms with Crippen LogP contribution in [0.4, 0.5) is 0 Å². The van der Waals surface area contributed by atoms with Crippen LogP contribution >= 0.6 is 11.6 Å². The summed E-state index contributed by atoms with van der Waals surface area (Å²) >= 11 is 6.10. The van der Waals surface area contributed by atoms with Crippen LogP contribution in [0.2, 0.25) is 5.02 Å². The van der Waals surface area contributed by atoms with E-state index in [1.54, 1.807) is 13.0 Å². The molecule has 0 saturated carbocycles. The highest BCUT2D eigenvalue weighted by molar-refractivity contribution is 6.32. The summed E-state index contributed by atoms with van der Waals surface area (Å²) in [5.74, 6) is 0.0289. The molecule has 0 atom stereocenters. The molecule has 1 aromatic rings. The number of Topliss-reactive ketones (excluding diaryl/α,β-unsaturated/α-hetero) is 1. The molecule has 3 heteroatoms.